The van der Waals surface area contributed by atoms with E-state index in [2.05, 4.69) is 27.3 Å². The first-order valence-electron chi connectivity index (χ1n) is 8.91. The molecule has 0 spiro atoms. The monoisotopic (exact) mass is 369 g/mol. The maximum atomic E-state index is 12.1. The lowest BCUT2D eigenvalue weighted by Gasteiger charge is -2.33. The van der Waals surface area contributed by atoms with Gasteiger partial charge in [-0.25, -0.2) is 0 Å². The van der Waals surface area contributed by atoms with Gasteiger partial charge >= 0.3 is 0 Å². The topological polar surface area (TPSA) is 35.6 Å². The number of benzene rings is 2. The molecule has 0 atom stereocenters. The number of rotatable bonds is 6. The second-order valence-corrected chi connectivity index (χ2v) is 6.88. The number of para-hydroxylation sites is 1. The van der Waals surface area contributed by atoms with Gasteiger partial charge in [0.15, 0.2) is 0 Å². The average molecular weight is 370 g/mol. The molecule has 0 aliphatic carbocycles. The molecule has 1 aliphatic rings. The highest BCUT2D eigenvalue weighted by molar-refractivity contribution is 6.30. The second-order valence-electron chi connectivity index (χ2n) is 6.44. The molecule has 2 aromatic carbocycles. The summed E-state index contributed by atoms with van der Waals surface area (Å²) in [6.45, 7) is 5.15. The Kier molecular flexibility index (Phi) is 6.83. The van der Waals surface area contributed by atoms with Crippen molar-refractivity contribution in [3.8, 4) is 0 Å². The minimum Gasteiger partial charge on any atom is -0.325 e. The van der Waals surface area contributed by atoms with E-state index in [1.807, 2.05) is 54.6 Å². The van der Waals surface area contributed by atoms with Crippen molar-refractivity contribution < 1.29 is 4.79 Å². The molecule has 4 nitrogen and oxygen atoms in total. The van der Waals surface area contributed by atoms with Crippen molar-refractivity contribution >= 4 is 29.3 Å². The Morgan fingerprint density at radius 3 is 2.31 bits per heavy atom. The number of nitrogens with one attached hydrogen (secondary N) is 1. The first-order chi connectivity index (χ1) is 12.7. The minimum absolute atomic E-state index is 0.0484. The van der Waals surface area contributed by atoms with Gasteiger partial charge in [-0.15, -0.1) is 0 Å². The number of hydrogen-bond acceptors (Lipinski definition) is 3. The molecular weight excluding hydrogens is 346 g/mol. The van der Waals surface area contributed by atoms with E-state index in [0.29, 0.717) is 6.54 Å². The van der Waals surface area contributed by atoms with Crippen molar-refractivity contribution in [2.24, 2.45) is 0 Å². The Hall–Kier alpha value is -2.14. The second kappa shape index (κ2) is 9.53. The summed E-state index contributed by atoms with van der Waals surface area (Å²) < 4.78 is 0. The standard InChI is InChI=1S/C21H24ClN3O/c22-19-10-8-18(9-11-19)5-4-12-24-13-15-25(16-14-24)17-21(26)23-20-6-2-1-3-7-20/h1-11H,12-17H2,(H,23,26). The zero-order chi connectivity index (χ0) is 18.2. The van der Waals surface area contributed by atoms with Gasteiger partial charge in [0, 0.05) is 43.4 Å². The molecule has 3 rings (SSSR count). The van der Waals surface area contributed by atoms with Crippen molar-refractivity contribution in [2.75, 3.05) is 44.6 Å². The van der Waals surface area contributed by atoms with E-state index in [0.717, 1.165) is 49.0 Å². The Morgan fingerprint density at radius 2 is 1.62 bits per heavy atom. The molecule has 26 heavy (non-hydrogen) atoms. The average Bonchev–Trinajstić information content (AvgIpc) is 2.65. The van der Waals surface area contributed by atoms with Gasteiger partial charge in [0.2, 0.25) is 5.91 Å². The van der Waals surface area contributed by atoms with Crippen LogP contribution >= 0.6 is 11.6 Å². The molecule has 1 fully saturated rings. The Balaban J connectivity index is 1.37. The molecule has 2 aromatic rings. The van der Waals surface area contributed by atoms with Gasteiger partial charge in [-0.1, -0.05) is 54.1 Å². The van der Waals surface area contributed by atoms with Crippen molar-refractivity contribution in [1.82, 2.24) is 9.80 Å². The summed E-state index contributed by atoms with van der Waals surface area (Å²) in [7, 11) is 0. The number of halogens is 1. The largest absolute Gasteiger partial charge is 0.325 e. The minimum atomic E-state index is 0.0484. The Bertz CT molecular complexity index is 723. The first-order valence-corrected chi connectivity index (χ1v) is 9.28. The molecule has 1 amide bonds. The van der Waals surface area contributed by atoms with Crippen molar-refractivity contribution in [3.05, 3.63) is 71.3 Å². The Morgan fingerprint density at radius 1 is 0.962 bits per heavy atom. The van der Waals surface area contributed by atoms with Crippen LogP contribution in [0.1, 0.15) is 5.56 Å². The molecule has 5 heteroatoms. The highest BCUT2D eigenvalue weighted by Crippen LogP contribution is 2.11. The quantitative estimate of drug-likeness (QED) is 0.844. The van der Waals surface area contributed by atoms with Crippen LogP contribution in [-0.2, 0) is 4.79 Å². The van der Waals surface area contributed by atoms with E-state index in [1.165, 1.54) is 0 Å². The van der Waals surface area contributed by atoms with E-state index in [4.69, 9.17) is 11.6 Å². The van der Waals surface area contributed by atoms with E-state index in [1.54, 1.807) is 0 Å². The predicted molar refractivity (Wildman–Crippen MR) is 108 cm³/mol. The van der Waals surface area contributed by atoms with E-state index in [9.17, 15) is 4.79 Å². The molecule has 0 aromatic heterocycles. The lowest BCUT2D eigenvalue weighted by atomic mass is 10.2. The molecular formula is C21H24ClN3O. The summed E-state index contributed by atoms with van der Waals surface area (Å²) in [5.74, 6) is 0.0484. The maximum absolute atomic E-state index is 12.1. The van der Waals surface area contributed by atoms with Crippen LogP contribution in [0.5, 0.6) is 0 Å². The normalized spacial score (nSPS) is 16.0. The van der Waals surface area contributed by atoms with Gasteiger partial charge in [-0.05, 0) is 29.8 Å². The van der Waals surface area contributed by atoms with Crippen LogP contribution in [0, 0.1) is 0 Å². The lowest BCUT2D eigenvalue weighted by Crippen LogP contribution is -2.48. The Labute approximate surface area is 160 Å². The summed E-state index contributed by atoms with van der Waals surface area (Å²) in [5.41, 5.74) is 2.01. The fourth-order valence-corrected chi connectivity index (χ4v) is 3.09. The molecule has 0 radical (unpaired) electrons. The number of hydrogen-bond donors (Lipinski definition) is 1. The smallest absolute Gasteiger partial charge is 0.238 e. The van der Waals surface area contributed by atoms with Gasteiger partial charge in [-0.3, -0.25) is 14.6 Å². The third-order valence-electron chi connectivity index (χ3n) is 4.43. The number of amides is 1. The number of piperazine rings is 1. The van der Waals surface area contributed by atoms with Crippen LogP contribution in [0.15, 0.2) is 60.7 Å². The van der Waals surface area contributed by atoms with Gasteiger partial charge in [0.1, 0.15) is 0 Å². The van der Waals surface area contributed by atoms with Crippen LogP contribution in [0.2, 0.25) is 5.02 Å². The molecule has 1 saturated heterocycles. The van der Waals surface area contributed by atoms with E-state index >= 15 is 0 Å². The van der Waals surface area contributed by atoms with Crippen LogP contribution < -0.4 is 5.32 Å². The number of carbonyl (C=O) groups is 1. The number of nitrogens with zero attached hydrogens (tertiary/aromatic N) is 2. The molecule has 1 heterocycles. The summed E-state index contributed by atoms with van der Waals surface area (Å²) >= 11 is 5.90. The highest BCUT2D eigenvalue weighted by Gasteiger charge is 2.18. The van der Waals surface area contributed by atoms with Gasteiger partial charge in [0.25, 0.3) is 0 Å². The van der Waals surface area contributed by atoms with Gasteiger partial charge < -0.3 is 5.32 Å². The van der Waals surface area contributed by atoms with Gasteiger partial charge in [0.05, 0.1) is 6.54 Å². The van der Waals surface area contributed by atoms with Crippen LogP contribution in [-0.4, -0.2) is 55.0 Å². The summed E-state index contributed by atoms with van der Waals surface area (Å²) in [5, 5.41) is 3.70. The summed E-state index contributed by atoms with van der Waals surface area (Å²) in [4.78, 5) is 16.7. The third-order valence-corrected chi connectivity index (χ3v) is 4.69. The summed E-state index contributed by atoms with van der Waals surface area (Å²) in [6.07, 6.45) is 4.30. The maximum Gasteiger partial charge on any atom is 0.238 e. The highest BCUT2D eigenvalue weighted by atomic mass is 35.5. The van der Waals surface area contributed by atoms with Crippen molar-refractivity contribution in [2.45, 2.75) is 0 Å². The fraction of sp³-hybridized carbons (Fsp3) is 0.286. The molecule has 0 bridgehead atoms. The predicted octanol–water partition coefficient (Wildman–Crippen LogP) is 3.61. The van der Waals surface area contributed by atoms with Crippen molar-refractivity contribution in [3.63, 3.8) is 0 Å². The number of anilines is 1. The summed E-state index contributed by atoms with van der Waals surface area (Å²) in [6, 6.07) is 17.4. The molecule has 0 unspecified atom stereocenters. The van der Waals surface area contributed by atoms with E-state index in [-0.39, 0.29) is 5.91 Å². The zero-order valence-corrected chi connectivity index (χ0v) is 15.5. The molecule has 1 aliphatic heterocycles. The van der Waals surface area contributed by atoms with Crippen molar-refractivity contribution in [1.29, 1.82) is 0 Å². The van der Waals surface area contributed by atoms with Gasteiger partial charge in [-0.2, -0.15) is 0 Å². The molecule has 0 saturated carbocycles. The number of carbonyl (C=O) groups excluding carboxylic acids is 1. The zero-order valence-electron chi connectivity index (χ0n) is 14.8. The van der Waals surface area contributed by atoms with E-state index < -0.39 is 0 Å². The fourth-order valence-electron chi connectivity index (χ4n) is 2.97. The lowest BCUT2D eigenvalue weighted by molar-refractivity contribution is -0.117. The molecule has 136 valence electrons. The van der Waals surface area contributed by atoms with Crippen LogP contribution in [0.25, 0.3) is 6.08 Å². The van der Waals surface area contributed by atoms with Crippen LogP contribution in [0.3, 0.4) is 0 Å². The first kappa shape index (κ1) is 18.6. The van der Waals surface area contributed by atoms with Crippen LogP contribution in [0.4, 0.5) is 5.69 Å². The molecule has 1 N–H and O–H groups in total. The SMILES string of the molecule is O=C(CN1CCN(CC=Cc2ccc(Cl)cc2)CC1)Nc1ccccc1. The third kappa shape index (κ3) is 5.99.